The normalized spacial score (nSPS) is 13.0. The molecule has 0 aliphatic carbocycles. The summed E-state index contributed by atoms with van der Waals surface area (Å²) in [6.07, 6.45) is 25.9. The highest BCUT2D eigenvalue weighted by Gasteiger charge is 2.30. The molecule has 0 aromatic heterocycles. The van der Waals surface area contributed by atoms with Crippen LogP contribution in [0.1, 0.15) is 259 Å². The van der Waals surface area contributed by atoms with Crippen LogP contribution in [-0.2, 0) is 57.2 Å². The van der Waals surface area contributed by atoms with E-state index in [4.69, 9.17) is 28.4 Å². The first kappa shape index (κ1) is 60.8. The molecule has 0 rings (SSSR count). The average Bonchev–Trinajstić information content (AvgIpc) is 3.27. The Kier molecular flexibility index (Phi) is 41.5. The third kappa shape index (κ3) is 36.1. The number of methoxy groups -OCH3 is 2. The molecule has 0 radical (unpaired) electrons. The molecule has 0 aliphatic heterocycles. The molecular weight excluding hydrogens is 817 g/mol. The highest BCUT2D eigenvalue weighted by atomic mass is 16.6. The summed E-state index contributed by atoms with van der Waals surface area (Å²) in [6, 6.07) is 0. The van der Waals surface area contributed by atoms with Crippen LogP contribution in [0.3, 0.4) is 0 Å². The van der Waals surface area contributed by atoms with E-state index in [2.05, 4.69) is 13.8 Å². The number of carbonyl (C=O) groups is 6. The Hall–Kier alpha value is -3.18. The van der Waals surface area contributed by atoms with Gasteiger partial charge in [-0.3, -0.25) is 28.8 Å². The molecule has 12 heteroatoms. The number of hydrogen-bond acceptors (Lipinski definition) is 12. The Morgan fingerprint density at radius 1 is 0.266 bits per heavy atom. The van der Waals surface area contributed by atoms with E-state index in [9.17, 15) is 28.8 Å². The van der Waals surface area contributed by atoms with Crippen molar-refractivity contribution in [2.45, 2.75) is 283 Å². The third-order valence-corrected chi connectivity index (χ3v) is 11.8. The first-order valence-corrected chi connectivity index (χ1v) is 26.0. The van der Waals surface area contributed by atoms with E-state index in [1.807, 2.05) is 13.8 Å². The Balaban J connectivity index is 5.62. The van der Waals surface area contributed by atoms with Crippen molar-refractivity contribution >= 4 is 35.8 Å². The molecule has 64 heavy (non-hydrogen) atoms. The molecule has 0 aliphatic rings. The fourth-order valence-electron chi connectivity index (χ4n) is 7.89. The van der Waals surface area contributed by atoms with Crippen LogP contribution in [-0.4, -0.2) is 74.5 Å². The highest BCUT2D eigenvalue weighted by molar-refractivity contribution is 5.72. The van der Waals surface area contributed by atoms with Crippen LogP contribution in [0.4, 0.5) is 0 Å². The second kappa shape index (κ2) is 43.7. The van der Waals surface area contributed by atoms with Gasteiger partial charge in [0, 0.05) is 38.5 Å². The van der Waals surface area contributed by atoms with Gasteiger partial charge >= 0.3 is 35.8 Å². The topological polar surface area (TPSA) is 158 Å². The van der Waals surface area contributed by atoms with Crippen LogP contribution in [0, 0.1) is 0 Å². The molecule has 0 heterocycles. The molecule has 0 aromatic rings. The fraction of sp³-hybridized carbons (Fsp3) is 0.885. The summed E-state index contributed by atoms with van der Waals surface area (Å²) in [7, 11) is 2.80. The minimum absolute atomic E-state index is 0.127. The molecule has 0 N–H and O–H groups in total. The molecule has 0 spiro atoms. The lowest BCUT2D eigenvalue weighted by molar-refractivity contribution is -0.170. The van der Waals surface area contributed by atoms with Gasteiger partial charge in [0.05, 0.1) is 14.2 Å². The fourth-order valence-corrected chi connectivity index (χ4v) is 7.89. The first-order chi connectivity index (χ1) is 31.0. The zero-order chi connectivity index (χ0) is 47.5. The summed E-state index contributed by atoms with van der Waals surface area (Å²) in [5, 5.41) is 0. The standard InChI is InChI=1S/C52H94O12/c1-7-11-13-15-19-25-35-43(61-49(55)33-9-3)46(38-28-22-18-24-30-40-48(54)60-6)64-52(58)42-32-31-41-51(57)63-45(37-26-20-16-14-12-8-2)44(62-50(56)34-10-4)36-27-21-17-23-29-39-47(53)59-5/h43-46H,7-42H2,1-6H3. The van der Waals surface area contributed by atoms with E-state index < -0.39 is 24.4 Å². The molecule has 0 bridgehead atoms. The van der Waals surface area contributed by atoms with Gasteiger partial charge in [0.25, 0.3) is 0 Å². The van der Waals surface area contributed by atoms with E-state index in [1.165, 1.54) is 46.3 Å². The van der Waals surface area contributed by atoms with E-state index in [1.54, 1.807) is 0 Å². The van der Waals surface area contributed by atoms with E-state index in [-0.39, 0.29) is 48.7 Å². The van der Waals surface area contributed by atoms with Crippen LogP contribution >= 0.6 is 0 Å². The summed E-state index contributed by atoms with van der Waals surface area (Å²) in [6.45, 7) is 8.25. The number of carbonyl (C=O) groups excluding carboxylic acids is 6. The Labute approximate surface area is 389 Å². The number of rotatable bonds is 45. The smallest absolute Gasteiger partial charge is 0.306 e. The predicted octanol–water partition coefficient (Wildman–Crippen LogP) is 13.1. The van der Waals surface area contributed by atoms with Crippen LogP contribution in [0.15, 0.2) is 0 Å². The number of unbranched alkanes of at least 4 members (excludes halogenated alkanes) is 19. The summed E-state index contributed by atoms with van der Waals surface area (Å²) in [4.78, 5) is 75.3. The summed E-state index contributed by atoms with van der Waals surface area (Å²) >= 11 is 0. The van der Waals surface area contributed by atoms with Gasteiger partial charge in [-0.15, -0.1) is 0 Å². The Bertz CT molecular complexity index is 1190. The Morgan fingerprint density at radius 2 is 0.484 bits per heavy atom. The number of esters is 6. The van der Waals surface area contributed by atoms with Gasteiger partial charge in [-0.25, -0.2) is 0 Å². The van der Waals surface area contributed by atoms with Crippen molar-refractivity contribution in [3.8, 4) is 0 Å². The van der Waals surface area contributed by atoms with Crippen molar-refractivity contribution in [2.24, 2.45) is 0 Å². The molecule has 12 nitrogen and oxygen atoms in total. The van der Waals surface area contributed by atoms with Crippen molar-refractivity contribution in [1.29, 1.82) is 0 Å². The van der Waals surface area contributed by atoms with Crippen LogP contribution in [0.25, 0.3) is 0 Å². The van der Waals surface area contributed by atoms with Crippen LogP contribution in [0.2, 0.25) is 0 Å². The van der Waals surface area contributed by atoms with Crippen LogP contribution < -0.4 is 0 Å². The van der Waals surface area contributed by atoms with E-state index in [0.29, 0.717) is 77.0 Å². The lowest BCUT2D eigenvalue weighted by Gasteiger charge is -2.28. The zero-order valence-corrected chi connectivity index (χ0v) is 41.7. The second-order valence-electron chi connectivity index (χ2n) is 17.7. The van der Waals surface area contributed by atoms with Gasteiger partial charge in [0.1, 0.15) is 24.4 Å². The molecule has 4 unspecified atom stereocenters. The minimum Gasteiger partial charge on any atom is -0.469 e. The van der Waals surface area contributed by atoms with Crippen molar-refractivity contribution in [3.63, 3.8) is 0 Å². The Morgan fingerprint density at radius 3 is 0.750 bits per heavy atom. The average molecular weight is 911 g/mol. The predicted molar refractivity (Wildman–Crippen MR) is 252 cm³/mol. The highest BCUT2D eigenvalue weighted by Crippen LogP contribution is 2.24. The molecule has 0 aromatic carbocycles. The van der Waals surface area contributed by atoms with Crippen LogP contribution in [0.5, 0.6) is 0 Å². The zero-order valence-electron chi connectivity index (χ0n) is 41.7. The van der Waals surface area contributed by atoms with Gasteiger partial charge in [-0.1, -0.05) is 130 Å². The molecular formula is C52H94O12. The number of hydrogen-bond donors (Lipinski definition) is 0. The van der Waals surface area contributed by atoms with E-state index >= 15 is 0 Å². The molecule has 0 saturated heterocycles. The van der Waals surface area contributed by atoms with Gasteiger partial charge < -0.3 is 28.4 Å². The van der Waals surface area contributed by atoms with Gasteiger partial charge in [0.2, 0.25) is 0 Å². The van der Waals surface area contributed by atoms with Gasteiger partial charge in [-0.05, 0) is 89.9 Å². The maximum absolute atomic E-state index is 13.4. The summed E-state index contributed by atoms with van der Waals surface area (Å²) in [5.74, 6) is -1.69. The largest absolute Gasteiger partial charge is 0.469 e. The van der Waals surface area contributed by atoms with Crippen molar-refractivity contribution in [3.05, 3.63) is 0 Å². The molecule has 0 saturated carbocycles. The molecule has 0 amide bonds. The van der Waals surface area contributed by atoms with Crippen molar-refractivity contribution in [1.82, 2.24) is 0 Å². The SMILES string of the molecule is CCCCCCCCC(OC(=O)CCC)C(CCCCCCCC(=O)OC)OC(=O)CCCCC(=O)OC(CCCCCCCC)C(CCCCCCCC(=O)OC)OC(=O)CCC. The quantitative estimate of drug-likeness (QED) is 0.0324. The van der Waals surface area contributed by atoms with Gasteiger partial charge in [-0.2, -0.15) is 0 Å². The maximum Gasteiger partial charge on any atom is 0.306 e. The summed E-state index contributed by atoms with van der Waals surface area (Å²) < 4.78 is 33.7. The second-order valence-corrected chi connectivity index (χ2v) is 17.7. The van der Waals surface area contributed by atoms with Gasteiger partial charge in [0.15, 0.2) is 0 Å². The lowest BCUT2D eigenvalue weighted by Crippen LogP contribution is -2.35. The monoisotopic (exact) mass is 911 g/mol. The maximum atomic E-state index is 13.4. The van der Waals surface area contributed by atoms with Crippen molar-refractivity contribution in [2.75, 3.05) is 14.2 Å². The third-order valence-electron chi connectivity index (χ3n) is 11.8. The summed E-state index contributed by atoms with van der Waals surface area (Å²) in [5.41, 5.74) is 0. The number of ether oxygens (including phenoxy) is 6. The molecule has 0 fully saturated rings. The minimum atomic E-state index is -0.557. The molecule has 374 valence electrons. The molecule has 4 atom stereocenters. The van der Waals surface area contributed by atoms with E-state index in [0.717, 1.165) is 109 Å². The van der Waals surface area contributed by atoms with Crippen molar-refractivity contribution < 1.29 is 57.2 Å². The first-order valence-electron chi connectivity index (χ1n) is 26.0. The lowest BCUT2D eigenvalue weighted by atomic mass is 9.98.